The third-order valence-corrected chi connectivity index (χ3v) is 6.27. The van der Waals surface area contributed by atoms with Crippen molar-refractivity contribution in [2.45, 2.75) is 18.4 Å². The number of thioether (sulfide) groups is 1. The number of hydrogen-bond acceptors (Lipinski definition) is 5. The monoisotopic (exact) mass is 399 g/mol. The summed E-state index contributed by atoms with van der Waals surface area (Å²) in [4.78, 5) is 15.0. The average molecular weight is 400 g/mol. The van der Waals surface area contributed by atoms with E-state index >= 15 is 0 Å². The molecule has 0 aromatic heterocycles. The van der Waals surface area contributed by atoms with Gasteiger partial charge < -0.3 is 20.1 Å². The summed E-state index contributed by atoms with van der Waals surface area (Å²) in [5, 5.41) is 6.45. The maximum absolute atomic E-state index is 12.5. The van der Waals surface area contributed by atoms with Crippen LogP contribution in [0.5, 0.6) is 5.75 Å². The average Bonchev–Trinajstić information content (AvgIpc) is 2.68. The lowest BCUT2D eigenvalue weighted by molar-refractivity contribution is -0.0228. The van der Waals surface area contributed by atoms with E-state index in [1.54, 1.807) is 25.3 Å². The molecule has 26 heavy (non-hydrogen) atoms. The lowest BCUT2D eigenvalue weighted by Crippen LogP contribution is -2.60. The first-order valence-corrected chi connectivity index (χ1v) is 10.5. The Kier molecular flexibility index (Phi) is 6.92. The van der Waals surface area contributed by atoms with E-state index in [9.17, 15) is 4.79 Å². The summed E-state index contributed by atoms with van der Waals surface area (Å²) in [6.45, 7) is 4.23. The highest BCUT2D eigenvalue weighted by Gasteiger charge is 2.39. The van der Waals surface area contributed by atoms with E-state index < -0.39 is 0 Å². The Balaban J connectivity index is 1.63. The number of carbonyl (C=O) groups excluding carboxylic acids is 1. The lowest BCUT2D eigenvalue weighted by Gasteiger charge is -2.47. The lowest BCUT2D eigenvalue weighted by atomic mass is 9.87. The number of nitrogens with one attached hydrogen (secondary N) is 2. The SMILES string of the molecule is COc1ccc(Cl)cc1NC(=O)NCC1(N2CCSCC2)CCOCC1. The molecule has 1 aromatic carbocycles. The maximum atomic E-state index is 12.5. The fourth-order valence-corrected chi connectivity index (χ4v) is 4.66. The standard InChI is InChI=1S/C18H26ClN3O3S/c1-24-16-3-2-14(19)12-15(16)21-17(23)20-13-18(4-8-25-9-5-18)22-6-10-26-11-7-22/h2-3,12H,4-11,13H2,1H3,(H2,20,21,23). The molecule has 2 heterocycles. The fraction of sp³-hybridized carbons (Fsp3) is 0.611. The zero-order valence-corrected chi connectivity index (χ0v) is 16.6. The predicted molar refractivity (Wildman–Crippen MR) is 107 cm³/mol. The Morgan fingerprint density at radius 2 is 2.08 bits per heavy atom. The third-order valence-electron chi connectivity index (χ3n) is 5.09. The molecule has 0 saturated carbocycles. The van der Waals surface area contributed by atoms with E-state index in [4.69, 9.17) is 21.1 Å². The van der Waals surface area contributed by atoms with Crippen molar-refractivity contribution in [3.8, 4) is 5.75 Å². The molecule has 2 fully saturated rings. The summed E-state index contributed by atoms with van der Waals surface area (Å²) in [5.74, 6) is 2.88. The van der Waals surface area contributed by atoms with E-state index in [2.05, 4.69) is 15.5 Å². The van der Waals surface area contributed by atoms with Gasteiger partial charge in [0.15, 0.2) is 0 Å². The zero-order chi connectivity index (χ0) is 18.4. The van der Waals surface area contributed by atoms with E-state index in [-0.39, 0.29) is 11.6 Å². The summed E-state index contributed by atoms with van der Waals surface area (Å²) in [6.07, 6.45) is 1.89. The van der Waals surface area contributed by atoms with E-state index in [0.717, 1.165) is 50.7 Å². The van der Waals surface area contributed by atoms with E-state index in [0.29, 0.717) is 23.0 Å². The number of benzene rings is 1. The number of methoxy groups -OCH3 is 1. The summed E-state index contributed by atoms with van der Waals surface area (Å²) < 4.78 is 10.9. The Morgan fingerprint density at radius 3 is 2.77 bits per heavy atom. The number of ether oxygens (including phenoxy) is 2. The van der Waals surface area contributed by atoms with Gasteiger partial charge in [0.25, 0.3) is 0 Å². The van der Waals surface area contributed by atoms with Gasteiger partial charge in [-0.1, -0.05) is 11.6 Å². The van der Waals surface area contributed by atoms with Crippen molar-refractivity contribution in [1.29, 1.82) is 0 Å². The van der Waals surface area contributed by atoms with Gasteiger partial charge in [0.2, 0.25) is 0 Å². The summed E-state index contributed by atoms with van der Waals surface area (Å²) in [6, 6.07) is 4.91. The van der Waals surface area contributed by atoms with Gasteiger partial charge in [-0.25, -0.2) is 4.79 Å². The van der Waals surface area contributed by atoms with Crippen LogP contribution in [0.1, 0.15) is 12.8 Å². The van der Waals surface area contributed by atoms with E-state index in [1.165, 1.54) is 0 Å². The smallest absolute Gasteiger partial charge is 0.319 e. The topological polar surface area (TPSA) is 62.8 Å². The van der Waals surface area contributed by atoms with Crippen molar-refractivity contribution in [2.75, 3.05) is 56.8 Å². The number of amides is 2. The first-order valence-electron chi connectivity index (χ1n) is 8.92. The fourth-order valence-electron chi connectivity index (χ4n) is 3.58. The van der Waals surface area contributed by atoms with Crippen LogP contribution < -0.4 is 15.4 Å². The second kappa shape index (κ2) is 9.17. The van der Waals surface area contributed by atoms with Crippen LogP contribution in [-0.2, 0) is 4.74 Å². The van der Waals surface area contributed by atoms with Crippen LogP contribution in [-0.4, -0.2) is 67.9 Å². The van der Waals surface area contributed by atoms with Gasteiger partial charge in [-0.05, 0) is 31.0 Å². The minimum Gasteiger partial charge on any atom is -0.495 e. The first kappa shape index (κ1) is 19.6. The molecule has 6 nitrogen and oxygen atoms in total. The molecular formula is C18H26ClN3O3S. The van der Waals surface area contributed by atoms with E-state index in [1.807, 2.05) is 11.8 Å². The van der Waals surface area contributed by atoms with Gasteiger partial charge in [0, 0.05) is 54.9 Å². The first-order chi connectivity index (χ1) is 12.6. The molecule has 0 unspecified atom stereocenters. The van der Waals surface area contributed by atoms with Crippen molar-refractivity contribution in [1.82, 2.24) is 10.2 Å². The molecule has 0 spiro atoms. The largest absolute Gasteiger partial charge is 0.495 e. The molecule has 0 radical (unpaired) electrons. The highest BCUT2D eigenvalue weighted by Crippen LogP contribution is 2.30. The Labute approximate surface area is 163 Å². The molecule has 0 bridgehead atoms. The Bertz CT molecular complexity index is 620. The zero-order valence-electron chi connectivity index (χ0n) is 15.1. The van der Waals surface area contributed by atoms with Crippen molar-refractivity contribution < 1.29 is 14.3 Å². The van der Waals surface area contributed by atoms with Crippen LogP contribution in [0.4, 0.5) is 10.5 Å². The van der Waals surface area contributed by atoms with Crippen molar-refractivity contribution in [2.24, 2.45) is 0 Å². The molecule has 2 N–H and O–H groups in total. The number of carbonyl (C=O) groups is 1. The molecule has 144 valence electrons. The van der Waals surface area contributed by atoms with Gasteiger partial charge in [-0.2, -0.15) is 11.8 Å². The highest BCUT2D eigenvalue weighted by atomic mass is 35.5. The summed E-state index contributed by atoms with van der Waals surface area (Å²) in [7, 11) is 1.57. The molecule has 2 aliphatic heterocycles. The molecule has 0 atom stereocenters. The minimum absolute atomic E-state index is 0.0189. The Hall–Kier alpha value is -1.15. The van der Waals surface area contributed by atoms with Gasteiger partial charge in [0.1, 0.15) is 5.75 Å². The second-order valence-electron chi connectivity index (χ2n) is 6.59. The van der Waals surface area contributed by atoms with Gasteiger partial charge in [-0.15, -0.1) is 0 Å². The number of nitrogens with zero attached hydrogens (tertiary/aromatic N) is 1. The maximum Gasteiger partial charge on any atom is 0.319 e. The molecule has 3 rings (SSSR count). The van der Waals surface area contributed by atoms with Gasteiger partial charge in [0.05, 0.1) is 12.8 Å². The number of halogens is 1. The molecular weight excluding hydrogens is 374 g/mol. The number of hydrogen-bond donors (Lipinski definition) is 2. The van der Waals surface area contributed by atoms with Crippen LogP contribution in [0.2, 0.25) is 5.02 Å². The summed E-state index contributed by atoms with van der Waals surface area (Å²) >= 11 is 8.02. The van der Waals surface area contributed by atoms with Gasteiger partial charge >= 0.3 is 6.03 Å². The normalized spacial score (nSPS) is 20.4. The summed E-state index contributed by atoms with van der Waals surface area (Å²) in [5.41, 5.74) is 0.544. The second-order valence-corrected chi connectivity index (χ2v) is 8.25. The van der Waals surface area contributed by atoms with Crippen molar-refractivity contribution in [3.63, 3.8) is 0 Å². The van der Waals surface area contributed by atoms with Crippen LogP contribution in [0, 0.1) is 0 Å². The van der Waals surface area contributed by atoms with Gasteiger partial charge in [-0.3, -0.25) is 4.90 Å². The van der Waals surface area contributed by atoms with Crippen LogP contribution >= 0.6 is 23.4 Å². The number of anilines is 1. The van der Waals surface area contributed by atoms with Crippen molar-refractivity contribution in [3.05, 3.63) is 23.2 Å². The number of rotatable bonds is 5. The minimum atomic E-state index is -0.247. The van der Waals surface area contributed by atoms with Crippen LogP contribution in [0.15, 0.2) is 18.2 Å². The quantitative estimate of drug-likeness (QED) is 0.796. The number of urea groups is 1. The molecule has 2 aliphatic rings. The van der Waals surface area contributed by atoms with Crippen molar-refractivity contribution >= 4 is 35.1 Å². The highest BCUT2D eigenvalue weighted by molar-refractivity contribution is 7.99. The Morgan fingerprint density at radius 1 is 1.35 bits per heavy atom. The molecule has 2 amide bonds. The molecule has 0 aliphatic carbocycles. The molecule has 2 saturated heterocycles. The third kappa shape index (κ3) is 4.76. The molecule has 1 aromatic rings. The predicted octanol–water partition coefficient (Wildman–Crippen LogP) is 3.07. The molecule has 8 heteroatoms. The van der Waals surface area contributed by atoms with Crippen LogP contribution in [0.3, 0.4) is 0 Å². The van der Waals surface area contributed by atoms with Crippen LogP contribution in [0.25, 0.3) is 0 Å².